The molecule has 108 valence electrons. The summed E-state index contributed by atoms with van der Waals surface area (Å²) in [4.78, 5) is 2.54. The van der Waals surface area contributed by atoms with Crippen LogP contribution < -0.4 is 5.73 Å². The molecule has 2 N–H and O–H groups in total. The summed E-state index contributed by atoms with van der Waals surface area (Å²) in [7, 11) is 0. The molecule has 4 nitrogen and oxygen atoms in total. The third-order valence-corrected chi connectivity index (χ3v) is 4.39. The fourth-order valence-electron chi connectivity index (χ4n) is 3.07. The van der Waals surface area contributed by atoms with Crippen LogP contribution >= 0.6 is 0 Å². The van der Waals surface area contributed by atoms with E-state index in [9.17, 15) is 0 Å². The van der Waals surface area contributed by atoms with Crippen molar-refractivity contribution in [2.75, 3.05) is 13.1 Å². The van der Waals surface area contributed by atoms with Crippen molar-refractivity contribution < 1.29 is 0 Å². The molecule has 0 spiro atoms. The number of likely N-dealkylation sites (tertiary alicyclic amines) is 1. The zero-order valence-corrected chi connectivity index (χ0v) is 12.8. The summed E-state index contributed by atoms with van der Waals surface area (Å²) in [6.45, 7) is 11.7. The second kappa shape index (κ2) is 6.06. The maximum absolute atomic E-state index is 5.97. The summed E-state index contributed by atoms with van der Waals surface area (Å²) < 4.78 is 2.06. The van der Waals surface area contributed by atoms with Crippen molar-refractivity contribution in [3.05, 3.63) is 17.5 Å². The summed E-state index contributed by atoms with van der Waals surface area (Å²) >= 11 is 0. The molecule has 4 heteroatoms. The Hall–Kier alpha value is -0.870. The molecule has 1 aliphatic heterocycles. The molecule has 1 aromatic heterocycles. The topological polar surface area (TPSA) is 47.1 Å². The largest absolute Gasteiger partial charge is 0.329 e. The van der Waals surface area contributed by atoms with Gasteiger partial charge in [0.1, 0.15) is 0 Å². The van der Waals surface area contributed by atoms with Crippen LogP contribution in [0.3, 0.4) is 0 Å². The third-order valence-electron chi connectivity index (χ3n) is 4.39. The molecule has 0 radical (unpaired) electrons. The quantitative estimate of drug-likeness (QED) is 0.908. The molecule has 0 saturated carbocycles. The highest BCUT2D eigenvalue weighted by atomic mass is 15.3. The van der Waals surface area contributed by atoms with Gasteiger partial charge in [0.2, 0.25) is 0 Å². The monoisotopic (exact) mass is 264 g/mol. The minimum Gasteiger partial charge on any atom is -0.329 e. The molecule has 1 aliphatic rings. The summed E-state index contributed by atoms with van der Waals surface area (Å²) in [6.07, 6.45) is 4.80. The molecular formula is C15H28N4. The molecule has 0 amide bonds. The van der Waals surface area contributed by atoms with E-state index in [4.69, 9.17) is 5.73 Å². The Morgan fingerprint density at radius 2 is 2.21 bits per heavy atom. The molecule has 2 heterocycles. The number of aryl methyl sites for hydroxylation is 1. The molecular weight excluding hydrogens is 236 g/mol. The average Bonchev–Trinajstić information content (AvgIpc) is 2.72. The fraction of sp³-hybridized carbons (Fsp3) is 0.800. The van der Waals surface area contributed by atoms with Gasteiger partial charge in [-0.1, -0.05) is 6.92 Å². The van der Waals surface area contributed by atoms with Crippen LogP contribution in [0.5, 0.6) is 0 Å². The van der Waals surface area contributed by atoms with Crippen LogP contribution in [0.1, 0.15) is 50.9 Å². The van der Waals surface area contributed by atoms with E-state index < -0.39 is 0 Å². The van der Waals surface area contributed by atoms with E-state index in [2.05, 4.69) is 48.6 Å². The predicted octanol–water partition coefficient (Wildman–Crippen LogP) is 2.33. The van der Waals surface area contributed by atoms with Gasteiger partial charge in [0.15, 0.2) is 0 Å². The van der Waals surface area contributed by atoms with Crippen molar-refractivity contribution in [3.63, 3.8) is 0 Å². The lowest BCUT2D eigenvalue weighted by Crippen LogP contribution is -2.48. The molecule has 0 aromatic carbocycles. The van der Waals surface area contributed by atoms with E-state index in [0.717, 1.165) is 18.8 Å². The number of piperidine rings is 1. The van der Waals surface area contributed by atoms with E-state index in [1.807, 2.05) is 0 Å². The van der Waals surface area contributed by atoms with Gasteiger partial charge in [-0.05, 0) is 46.1 Å². The maximum Gasteiger partial charge on any atom is 0.0638 e. The minimum atomic E-state index is 0.429. The number of rotatable bonds is 4. The van der Waals surface area contributed by atoms with Crippen LogP contribution in [0, 0.1) is 12.8 Å². The third kappa shape index (κ3) is 3.18. The summed E-state index contributed by atoms with van der Waals surface area (Å²) in [5, 5.41) is 4.60. The van der Waals surface area contributed by atoms with Crippen molar-refractivity contribution >= 4 is 0 Å². The molecule has 1 fully saturated rings. The van der Waals surface area contributed by atoms with Gasteiger partial charge in [-0.2, -0.15) is 5.10 Å². The molecule has 2 unspecified atom stereocenters. The van der Waals surface area contributed by atoms with Gasteiger partial charge < -0.3 is 5.73 Å². The molecule has 1 aromatic rings. The Kier molecular flexibility index (Phi) is 4.63. The highest BCUT2D eigenvalue weighted by molar-refractivity contribution is 5.16. The number of hydrogen-bond acceptors (Lipinski definition) is 3. The molecule has 2 atom stereocenters. The Morgan fingerprint density at radius 3 is 2.79 bits per heavy atom. The first-order valence-corrected chi connectivity index (χ1v) is 7.51. The average molecular weight is 264 g/mol. The lowest BCUT2D eigenvalue weighted by Gasteiger charge is -2.39. The fourth-order valence-corrected chi connectivity index (χ4v) is 3.07. The van der Waals surface area contributed by atoms with Crippen molar-refractivity contribution in [1.29, 1.82) is 0 Å². The zero-order valence-electron chi connectivity index (χ0n) is 12.8. The van der Waals surface area contributed by atoms with Gasteiger partial charge in [0.05, 0.1) is 5.69 Å². The van der Waals surface area contributed by atoms with E-state index in [1.165, 1.54) is 24.9 Å². The number of hydrogen-bond donors (Lipinski definition) is 1. The summed E-state index contributed by atoms with van der Waals surface area (Å²) in [5.41, 5.74) is 8.47. The van der Waals surface area contributed by atoms with Crippen LogP contribution in [0.4, 0.5) is 0 Å². The lowest BCUT2D eigenvalue weighted by molar-refractivity contribution is 0.0988. The predicted molar refractivity (Wildman–Crippen MR) is 79.0 cm³/mol. The van der Waals surface area contributed by atoms with Gasteiger partial charge in [-0.25, -0.2) is 0 Å². The highest BCUT2D eigenvalue weighted by Gasteiger charge is 2.27. The van der Waals surface area contributed by atoms with Crippen molar-refractivity contribution in [2.45, 2.75) is 59.2 Å². The smallest absolute Gasteiger partial charge is 0.0638 e. The first kappa shape index (κ1) is 14.5. The molecule has 2 rings (SSSR count). The van der Waals surface area contributed by atoms with E-state index in [1.54, 1.807) is 0 Å². The highest BCUT2D eigenvalue weighted by Crippen LogP contribution is 2.25. The Bertz CT molecular complexity index is 410. The maximum atomic E-state index is 5.97. The lowest BCUT2D eigenvalue weighted by atomic mass is 9.90. The second-order valence-corrected chi connectivity index (χ2v) is 6.21. The van der Waals surface area contributed by atoms with E-state index in [0.29, 0.717) is 18.0 Å². The minimum absolute atomic E-state index is 0.429. The molecule has 1 saturated heterocycles. The summed E-state index contributed by atoms with van der Waals surface area (Å²) in [5.74, 6) is 0.708. The number of nitrogens with zero attached hydrogens (tertiary/aromatic N) is 3. The van der Waals surface area contributed by atoms with Crippen LogP contribution in [0.25, 0.3) is 0 Å². The van der Waals surface area contributed by atoms with Crippen molar-refractivity contribution in [3.8, 4) is 0 Å². The first-order valence-electron chi connectivity index (χ1n) is 7.51. The standard InChI is InChI=1S/C15H28N4/c1-11(2)19-10-14(13(4)17-19)9-18-7-5-6-12(3)15(18)8-16/h10-12,15H,5-9,16H2,1-4H3. The number of nitrogens with two attached hydrogens (primary N) is 1. The second-order valence-electron chi connectivity index (χ2n) is 6.21. The van der Waals surface area contributed by atoms with Gasteiger partial charge in [-0.15, -0.1) is 0 Å². The Morgan fingerprint density at radius 1 is 1.47 bits per heavy atom. The summed E-state index contributed by atoms with van der Waals surface area (Å²) in [6, 6.07) is 0.952. The normalized spacial score (nSPS) is 25.2. The van der Waals surface area contributed by atoms with Crippen LogP contribution in [0.2, 0.25) is 0 Å². The van der Waals surface area contributed by atoms with Gasteiger partial charge in [0.25, 0.3) is 0 Å². The molecule has 0 bridgehead atoms. The Balaban J connectivity index is 2.11. The van der Waals surface area contributed by atoms with Gasteiger partial charge in [-0.3, -0.25) is 9.58 Å². The zero-order chi connectivity index (χ0) is 14.0. The molecule has 0 aliphatic carbocycles. The van der Waals surface area contributed by atoms with Crippen LogP contribution in [-0.4, -0.2) is 33.8 Å². The van der Waals surface area contributed by atoms with E-state index in [-0.39, 0.29) is 0 Å². The SMILES string of the molecule is Cc1nn(C(C)C)cc1CN1CCCC(C)C1CN. The van der Waals surface area contributed by atoms with Gasteiger partial charge >= 0.3 is 0 Å². The first-order chi connectivity index (χ1) is 9.02. The Labute approximate surface area is 117 Å². The molecule has 19 heavy (non-hydrogen) atoms. The van der Waals surface area contributed by atoms with E-state index >= 15 is 0 Å². The van der Waals surface area contributed by atoms with Gasteiger partial charge in [0, 0.05) is 36.9 Å². The van der Waals surface area contributed by atoms with Crippen molar-refractivity contribution in [2.24, 2.45) is 11.7 Å². The van der Waals surface area contributed by atoms with Crippen molar-refractivity contribution in [1.82, 2.24) is 14.7 Å². The number of aromatic nitrogens is 2. The van der Waals surface area contributed by atoms with Crippen LogP contribution in [0.15, 0.2) is 6.20 Å². The van der Waals surface area contributed by atoms with Crippen LogP contribution in [-0.2, 0) is 6.54 Å².